The fourth-order valence-corrected chi connectivity index (χ4v) is 3.08. The van der Waals surface area contributed by atoms with Gasteiger partial charge in [0, 0.05) is 5.75 Å². The molecular formula is C20H39N5O5S. The van der Waals surface area contributed by atoms with E-state index in [0.29, 0.717) is 25.8 Å². The average molecular weight is 462 g/mol. The SMILES string of the molecule is CCC(C)C(NC(=O)C(N)CCCCN)C(=O)NC(CS)C(=O)NC(C(=O)O)C(C)C. The summed E-state index contributed by atoms with van der Waals surface area (Å²) in [5.41, 5.74) is 11.4. The summed E-state index contributed by atoms with van der Waals surface area (Å²) in [5.74, 6) is -3.42. The molecule has 0 aliphatic heterocycles. The van der Waals surface area contributed by atoms with E-state index in [1.807, 2.05) is 6.92 Å². The lowest BCUT2D eigenvalue weighted by molar-refractivity contribution is -0.143. The third kappa shape index (κ3) is 10.3. The summed E-state index contributed by atoms with van der Waals surface area (Å²) in [5, 5.41) is 16.9. The van der Waals surface area contributed by atoms with Crippen LogP contribution in [0.15, 0.2) is 0 Å². The quantitative estimate of drug-likeness (QED) is 0.128. The number of aliphatic carboxylic acids is 1. The van der Waals surface area contributed by atoms with Gasteiger partial charge in [-0.05, 0) is 31.2 Å². The van der Waals surface area contributed by atoms with Gasteiger partial charge in [-0.3, -0.25) is 14.4 Å². The fourth-order valence-electron chi connectivity index (χ4n) is 2.82. The second-order valence-corrected chi connectivity index (χ2v) is 8.44. The van der Waals surface area contributed by atoms with Gasteiger partial charge < -0.3 is 32.5 Å². The molecule has 0 aliphatic rings. The molecule has 5 atom stereocenters. The van der Waals surface area contributed by atoms with E-state index in [1.165, 1.54) is 0 Å². The lowest BCUT2D eigenvalue weighted by Crippen LogP contribution is -2.59. The number of thiol groups is 1. The van der Waals surface area contributed by atoms with E-state index in [0.717, 1.165) is 6.42 Å². The van der Waals surface area contributed by atoms with Crippen molar-refractivity contribution in [2.45, 2.75) is 77.5 Å². The van der Waals surface area contributed by atoms with Crippen molar-refractivity contribution >= 4 is 36.3 Å². The first kappa shape index (κ1) is 29.1. The Morgan fingerprint density at radius 2 is 1.52 bits per heavy atom. The van der Waals surface area contributed by atoms with E-state index in [-0.39, 0.29) is 17.6 Å². The zero-order valence-corrected chi connectivity index (χ0v) is 19.8. The number of unbranched alkanes of at least 4 members (excludes halogenated alkanes) is 1. The summed E-state index contributed by atoms with van der Waals surface area (Å²) in [6, 6.07) is -3.81. The van der Waals surface area contributed by atoms with Crippen LogP contribution in [0.2, 0.25) is 0 Å². The molecule has 0 saturated carbocycles. The zero-order valence-electron chi connectivity index (χ0n) is 18.9. The molecule has 11 heteroatoms. The fraction of sp³-hybridized carbons (Fsp3) is 0.800. The molecule has 0 aromatic carbocycles. The normalized spacial score (nSPS) is 16.0. The minimum absolute atomic E-state index is 0.0399. The van der Waals surface area contributed by atoms with Crippen molar-refractivity contribution in [3.05, 3.63) is 0 Å². The van der Waals surface area contributed by atoms with Crippen molar-refractivity contribution in [3.8, 4) is 0 Å². The van der Waals surface area contributed by atoms with Crippen molar-refractivity contribution < 1.29 is 24.3 Å². The van der Waals surface area contributed by atoms with Crippen LogP contribution in [-0.4, -0.2) is 65.3 Å². The Morgan fingerprint density at radius 1 is 0.935 bits per heavy atom. The molecule has 5 unspecified atom stereocenters. The molecule has 31 heavy (non-hydrogen) atoms. The summed E-state index contributed by atoms with van der Waals surface area (Å²) in [6.45, 7) is 7.52. The maximum absolute atomic E-state index is 12.9. The topological polar surface area (TPSA) is 177 Å². The highest BCUT2D eigenvalue weighted by Crippen LogP contribution is 2.10. The van der Waals surface area contributed by atoms with Crippen molar-refractivity contribution in [3.63, 3.8) is 0 Å². The summed E-state index contributed by atoms with van der Waals surface area (Å²) in [7, 11) is 0. The van der Waals surface area contributed by atoms with Crippen LogP contribution < -0.4 is 27.4 Å². The number of carboxylic acid groups (broad SMARTS) is 1. The van der Waals surface area contributed by atoms with E-state index in [9.17, 15) is 24.3 Å². The van der Waals surface area contributed by atoms with E-state index >= 15 is 0 Å². The van der Waals surface area contributed by atoms with Gasteiger partial charge in [-0.2, -0.15) is 12.6 Å². The van der Waals surface area contributed by atoms with Crippen molar-refractivity contribution in [2.24, 2.45) is 23.3 Å². The summed E-state index contributed by atoms with van der Waals surface area (Å²) < 4.78 is 0. The monoisotopic (exact) mass is 461 g/mol. The van der Waals surface area contributed by atoms with Crippen molar-refractivity contribution in [1.29, 1.82) is 0 Å². The Hall–Kier alpha value is -1.85. The molecule has 0 saturated heterocycles. The smallest absolute Gasteiger partial charge is 0.326 e. The van der Waals surface area contributed by atoms with Crippen LogP contribution in [0, 0.1) is 11.8 Å². The van der Waals surface area contributed by atoms with Crippen LogP contribution in [0.4, 0.5) is 0 Å². The van der Waals surface area contributed by atoms with Gasteiger partial charge >= 0.3 is 5.97 Å². The van der Waals surface area contributed by atoms with Gasteiger partial charge in [-0.1, -0.05) is 40.5 Å². The second-order valence-electron chi connectivity index (χ2n) is 8.08. The summed E-state index contributed by atoms with van der Waals surface area (Å²) >= 11 is 4.11. The Balaban J connectivity index is 5.20. The molecule has 0 spiro atoms. The molecule has 0 aromatic heterocycles. The van der Waals surface area contributed by atoms with Crippen LogP contribution in [0.1, 0.15) is 53.4 Å². The lowest BCUT2D eigenvalue weighted by Gasteiger charge is -2.28. The highest BCUT2D eigenvalue weighted by Gasteiger charge is 2.32. The second kappa shape index (κ2) is 15.0. The first-order valence-electron chi connectivity index (χ1n) is 10.7. The molecule has 0 aromatic rings. The standard InChI is InChI=1S/C20H39N5O5S/c1-5-12(4)16(25-17(26)13(22)8-6-7-9-21)19(28)23-14(10-31)18(27)24-15(11(2)3)20(29)30/h11-16,31H,5-10,21-22H2,1-4H3,(H,23,28)(H,24,27)(H,25,26)(H,29,30). The summed E-state index contributed by atoms with van der Waals surface area (Å²) in [6.07, 6.45) is 2.51. The van der Waals surface area contributed by atoms with Crippen LogP contribution in [0.5, 0.6) is 0 Å². The molecule has 0 rings (SSSR count). The zero-order chi connectivity index (χ0) is 24.1. The number of amides is 3. The largest absolute Gasteiger partial charge is 0.480 e. The van der Waals surface area contributed by atoms with Gasteiger partial charge in [0.2, 0.25) is 17.7 Å². The molecule has 0 bridgehead atoms. The minimum atomic E-state index is -1.17. The highest BCUT2D eigenvalue weighted by atomic mass is 32.1. The molecule has 0 aliphatic carbocycles. The van der Waals surface area contributed by atoms with Gasteiger partial charge in [0.25, 0.3) is 0 Å². The molecule has 0 fully saturated rings. The molecule has 10 nitrogen and oxygen atoms in total. The van der Waals surface area contributed by atoms with Gasteiger partial charge in [-0.15, -0.1) is 0 Å². The number of hydrogen-bond donors (Lipinski definition) is 7. The molecule has 0 radical (unpaired) electrons. The van der Waals surface area contributed by atoms with Crippen LogP contribution in [-0.2, 0) is 19.2 Å². The summed E-state index contributed by atoms with van der Waals surface area (Å²) in [4.78, 5) is 49.2. The van der Waals surface area contributed by atoms with Crippen molar-refractivity contribution in [1.82, 2.24) is 16.0 Å². The Morgan fingerprint density at radius 3 is 1.97 bits per heavy atom. The van der Waals surface area contributed by atoms with E-state index in [4.69, 9.17) is 11.5 Å². The number of carboxylic acids is 1. The average Bonchev–Trinajstić information content (AvgIpc) is 2.72. The third-order valence-corrected chi connectivity index (χ3v) is 5.51. The Labute approximate surface area is 190 Å². The molecule has 0 heterocycles. The molecular weight excluding hydrogens is 422 g/mol. The van der Waals surface area contributed by atoms with E-state index < -0.39 is 47.9 Å². The van der Waals surface area contributed by atoms with Gasteiger partial charge in [0.05, 0.1) is 6.04 Å². The first-order chi connectivity index (χ1) is 14.5. The first-order valence-corrected chi connectivity index (χ1v) is 11.3. The van der Waals surface area contributed by atoms with E-state index in [1.54, 1.807) is 20.8 Å². The maximum Gasteiger partial charge on any atom is 0.326 e. The van der Waals surface area contributed by atoms with Crippen LogP contribution >= 0.6 is 12.6 Å². The van der Waals surface area contributed by atoms with Crippen molar-refractivity contribution in [2.75, 3.05) is 12.3 Å². The van der Waals surface area contributed by atoms with Gasteiger partial charge in [-0.25, -0.2) is 4.79 Å². The van der Waals surface area contributed by atoms with Crippen LogP contribution in [0.25, 0.3) is 0 Å². The number of nitrogens with one attached hydrogen (secondary N) is 3. The highest BCUT2D eigenvalue weighted by molar-refractivity contribution is 7.80. The van der Waals surface area contributed by atoms with Gasteiger partial charge in [0.15, 0.2) is 0 Å². The molecule has 180 valence electrons. The maximum atomic E-state index is 12.9. The molecule has 3 amide bonds. The lowest BCUT2D eigenvalue weighted by atomic mass is 9.97. The number of nitrogens with two attached hydrogens (primary N) is 2. The predicted octanol–water partition coefficient (Wildman–Crippen LogP) is -0.386. The number of rotatable bonds is 15. The third-order valence-electron chi connectivity index (χ3n) is 5.15. The predicted molar refractivity (Wildman–Crippen MR) is 122 cm³/mol. The molecule has 8 N–H and O–H groups in total. The Bertz CT molecular complexity index is 605. The van der Waals surface area contributed by atoms with Crippen LogP contribution in [0.3, 0.4) is 0 Å². The van der Waals surface area contributed by atoms with E-state index in [2.05, 4.69) is 28.6 Å². The number of carbonyl (C=O) groups excluding carboxylic acids is 3. The Kier molecular flexibility index (Phi) is 14.1. The number of carbonyl (C=O) groups is 4. The van der Waals surface area contributed by atoms with Gasteiger partial charge in [0.1, 0.15) is 18.1 Å². The minimum Gasteiger partial charge on any atom is -0.480 e. The number of hydrogen-bond acceptors (Lipinski definition) is 7.